The molecule has 1 heterocycles. The van der Waals surface area contributed by atoms with Crippen LogP contribution in [0.2, 0.25) is 0 Å². The van der Waals surface area contributed by atoms with Crippen molar-refractivity contribution in [2.24, 2.45) is 11.8 Å². The van der Waals surface area contributed by atoms with Crippen molar-refractivity contribution in [2.45, 2.75) is 19.4 Å². The Bertz CT molecular complexity index is 261. The Morgan fingerprint density at radius 2 is 2.36 bits per heavy atom. The molecule has 60 valence electrons. The highest BCUT2D eigenvalue weighted by Gasteiger charge is 2.54. The van der Waals surface area contributed by atoms with Crippen molar-refractivity contribution in [1.29, 1.82) is 0 Å². The van der Waals surface area contributed by atoms with Gasteiger partial charge < -0.3 is 5.32 Å². The first kappa shape index (κ1) is 7.17. The summed E-state index contributed by atoms with van der Waals surface area (Å²) in [7, 11) is 0. The second-order valence-corrected chi connectivity index (χ2v) is 3.93. The Morgan fingerprint density at radius 1 is 1.73 bits per heavy atom. The van der Waals surface area contributed by atoms with Gasteiger partial charge in [-0.25, -0.2) is 0 Å². The number of hydrogen-bond donors (Lipinski definition) is 1. The first-order valence-corrected chi connectivity index (χ1v) is 4.13. The quantitative estimate of drug-likeness (QED) is 0.584. The maximum atomic E-state index is 11.2. The van der Waals surface area contributed by atoms with Gasteiger partial charge in [-0.05, 0) is 6.92 Å². The molecule has 1 aliphatic heterocycles. The molecule has 1 N–H and O–H groups in total. The lowest BCUT2D eigenvalue weighted by Gasteiger charge is -2.38. The Labute approximate surface area is 70.6 Å². The maximum absolute atomic E-state index is 11.2. The van der Waals surface area contributed by atoms with Crippen molar-refractivity contribution in [2.75, 3.05) is 0 Å². The van der Waals surface area contributed by atoms with Gasteiger partial charge in [0.15, 0.2) is 0 Å². The molecular weight excluding hydrogens is 162 g/mol. The van der Waals surface area contributed by atoms with Gasteiger partial charge in [0.05, 0.1) is 5.54 Å². The zero-order valence-electron chi connectivity index (χ0n) is 6.52. The fourth-order valence-electron chi connectivity index (χ4n) is 1.88. The Balaban J connectivity index is 2.36. The molecule has 1 fully saturated rings. The van der Waals surface area contributed by atoms with Gasteiger partial charge >= 0.3 is 0 Å². The highest BCUT2D eigenvalue weighted by molar-refractivity contribution is 6.32. The van der Waals surface area contributed by atoms with E-state index in [9.17, 15) is 4.79 Å². The average Bonchev–Trinajstić information content (AvgIpc) is 2.12. The number of halogens is 1. The normalized spacial score (nSPS) is 47.5. The van der Waals surface area contributed by atoms with Crippen molar-refractivity contribution in [3.8, 4) is 0 Å². The van der Waals surface area contributed by atoms with Crippen LogP contribution in [0.3, 0.4) is 0 Å². The van der Waals surface area contributed by atoms with Gasteiger partial charge in [0, 0.05) is 16.9 Å². The minimum atomic E-state index is -0.238. The van der Waals surface area contributed by atoms with Crippen LogP contribution >= 0.6 is 11.6 Å². The SMILES string of the molecule is C[C@H]1C(=O)N[C@@]2(C)C(Cl)=C[C@@H]12. The molecule has 0 radical (unpaired) electrons. The minimum absolute atomic E-state index is 0.0856. The first-order chi connectivity index (χ1) is 5.05. The number of rotatable bonds is 0. The lowest BCUT2D eigenvalue weighted by Crippen LogP contribution is -2.48. The van der Waals surface area contributed by atoms with E-state index in [0.717, 1.165) is 5.03 Å². The van der Waals surface area contributed by atoms with Crippen LogP contribution in [0, 0.1) is 11.8 Å². The standard InChI is InChI=1S/C8H10ClNO/c1-4-5-3-6(9)8(5,2)10-7(4)11/h3-5H,1-2H3,(H,10,11)/t4-,5+,8-/m1/s1. The summed E-state index contributed by atoms with van der Waals surface area (Å²) in [5.74, 6) is 0.509. The van der Waals surface area contributed by atoms with E-state index in [1.165, 1.54) is 0 Å². The minimum Gasteiger partial charge on any atom is -0.345 e. The summed E-state index contributed by atoms with van der Waals surface area (Å²) in [5.41, 5.74) is -0.238. The number of hydrogen-bond acceptors (Lipinski definition) is 1. The van der Waals surface area contributed by atoms with Gasteiger partial charge in [0.25, 0.3) is 0 Å². The zero-order chi connectivity index (χ0) is 8.22. The van der Waals surface area contributed by atoms with Crippen LogP contribution in [-0.2, 0) is 4.79 Å². The molecule has 1 amide bonds. The van der Waals surface area contributed by atoms with Gasteiger partial charge in [-0.15, -0.1) is 0 Å². The summed E-state index contributed by atoms with van der Waals surface area (Å²) in [6.07, 6.45) is 1.96. The molecule has 2 rings (SSSR count). The number of carbonyl (C=O) groups is 1. The molecular formula is C8H10ClNO. The summed E-state index contributed by atoms with van der Waals surface area (Å²) in [4.78, 5) is 11.2. The van der Waals surface area contributed by atoms with Gasteiger partial charge in [0.2, 0.25) is 5.91 Å². The Morgan fingerprint density at radius 3 is 2.73 bits per heavy atom. The Kier molecular flexibility index (Phi) is 1.18. The fraction of sp³-hybridized carbons (Fsp3) is 0.625. The van der Waals surface area contributed by atoms with E-state index in [1.807, 2.05) is 19.9 Å². The summed E-state index contributed by atoms with van der Waals surface area (Å²) >= 11 is 5.87. The van der Waals surface area contributed by atoms with E-state index in [-0.39, 0.29) is 17.4 Å². The molecule has 0 unspecified atom stereocenters. The van der Waals surface area contributed by atoms with Gasteiger partial charge in [-0.3, -0.25) is 4.79 Å². The predicted molar refractivity (Wildman–Crippen MR) is 43.1 cm³/mol. The van der Waals surface area contributed by atoms with Crippen molar-refractivity contribution >= 4 is 17.5 Å². The highest BCUT2D eigenvalue weighted by Crippen LogP contribution is 2.48. The lowest BCUT2D eigenvalue weighted by molar-refractivity contribution is -0.122. The molecule has 2 aliphatic rings. The number of carbonyl (C=O) groups excluding carboxylic acids is 1. The molecule has 0 aromatic carbocycles. The molecule has 0 bridgehead atoms. The van der Waals surface area contributed by atoms with Crippen molar-refractivity contribution < 1.29 is 4.79 Å². The third kappa shape index (κ3) is 0.658. The third-order valence-electron chi connectivity index (χ3n) is 2.82. The smallest absolute Gasteiger partial charge is 0.224 e. The van der Waals surface area contributed by atoms with Crippen molar-refractivity contribution in [3.05, 3.63) is 11.1 Å². The maximum Gasteiger partial charge on any atom is 0.224 e. The molecule has 2 nitrogen and oxygen atoms in total. The van der Waals surface area contributed by atoms with E-state index in [0.29, 0.717) is 5.92 Å². The summed E-state index contributed by atoms with van der Waals surface area (Å²) in [6, 6.07) is 0. The fourth-order valence-corrected chi connectivity index (χ4v) is 2.19. The number of fused-ring (bicyclic) bond motifs is 1. The van der Waals surface area contributed by atoms with E-state index in [1.54, 1.807) is 0 Å². The van der Waals surface area contributed by atoms with Crippen LogP contribution in [-0.4, -0.2) is 11.4 Å². The molecule has 1 aliphatic carbocycles. The van der Waals surface area contributed by atoms with Crippen LogP contribution in [0.1, 0.15) is 13.8 Å². The second kappa shape index (κ2) is 1.81. The van der Waals surface area contributed by atoms with E-state index in [2.05, 4.69) is 5.32 Å². The van der Waals surface area contributed by atoms with Crippen LogP contribution < -0.4 is 5.32 Å². The molecule has 0 aromatic heterocycles. The predicted octanol–water partition coefficient (Wildman–Crippen LogP) is 1.26. The van der Waals surface area contributed by atoms with Gasteiger partial charge in [-0.1, -0.05) is 24.6 Å². The van der Waals surface area contributed by atoms with E-state index < -0.39 is 0 Å². The molecule has 0 spiro atoms. The lowest BCUT2D eigenvalue weighted by atomic mass is 9.73. The first-order valence-electron chi connectivity index (χ1n) is 3.75. The van der Waals surface area contributed by atoms with Crippen LogP contribution in [0.5, 0.6) is 0 Å². The monoisotopic (exact) mass is 171 g/mol. The van der Waals surface area contributed by atoms with Gasteiger partial charge in [-0.2, -0.15) is 0 Å². The molecule has 3 heteroatoms. The number of nitrogens with one attached hydrogen (secondary N) is 1. The third-order valence-corrected chi connectivity index (χ3v) is 3.34. The van der Waals surface area contributed by atoms with Gasteiger partial charge in [0.1, 0.15) is 0 Å². The molecule has 0 saturated carbocycles. The molecule has 0 aromatic rings. The van der Waals surface area contributed by atoms with E-state index in [4.69, 9.17) is 11.6 Å². The van der Waals surface area contributed by atoms with Crippen LogP contribution in [0.4, 0.5) is 0 Å². The summed E-state index contributed by atoms with van der Waals surface area (Å²) in [6.45, 7) is 3.91. The van der Waals surface area contributed by atoms with Crippen LogP contribution in [0.25, 0.3) is 0 Å². The largest absolute Gasteiger partial charge is 0.345 e. The Hall–Kier alpha value is -0.500. The summed E-state index contributed by atoms with van der Waals surface area (Å²) in [5, 5.41) is 3.67. The molecule has 1 saturated heterocycles. The number of amides is 1. The van der Waals surface area contributed by atoms with Crippen LogP contribution in [0.15, 0.2) is 11.1 Å². The molecule has 11 heavy (non-hydrogen) atoms. The van der Waals surface area contributed by atoms with Crippen molar-refractivity contribution in [1.82, 2.24) is 5.32 Å². The molecule has 3 atom stereocenters. The topological polar surface area (TPSA) is 29.1 Å². The van der Waals surface area contributed by atoms with E-state index >= 15 is 0 Å². The zero-order valence-corrected chi connectivity index (χ0v) is 7.27. The summed E-state index contributed by atoms with van der Waals surface area (Å²) < 4.78 is 0. The highest BCUT2D eigenvalue weighted by atomic mass is 35.5. The second-order valence-electron chi connectivity index (χ2n) is 3.52. The van der Waals surface area contributed by atoms with Crippen molar-refractivity contribution in [3.63, 3.8) is 0 Å². The average molecular weight is 172 g/mol.